The van der Waals surface area contributed by atoms with Gasteiger partial charge in [0.1, 0.15) is 9.52 Å². The van der Waals surface area contributed by atoms with E-state index < -0.39 is 0 Å². The molecule has 1 aromatic rings. The van der Waals surface area contributed by atoms with Crippen molar-refractivity contribution >= 4 is 9.52 Å². The summed E-state index contributed by atoms with van der Waals surface area (Å²) in [5.74, 6) is 3.21. The molecule has 0 radical (unpaired) electrons. The van der Waals surface area contributed by atoms with Crippen molar-refractivity contribution in [3.05, 3.63) is 46.7 Å². The summed E-state index contributed by atoms with van der Waals surface area (Å²) in [7, 11) is -0.318. The maximum atomic E-state index is 3.29. The fourth-order valence-corrected chi connectivity index (χ4v) is 1.80. The summed E-state index contributed by atoms with van der Waals surface area (Å²) < 4.78 is 0. The van der Waals surface area contributed by atoms with Crippen molar-refractivity contribution in [3.63, 3.8) is 0 Å². The van der Waals surface area contributed by atoms with Gasteiger partial charge in [-0.3, -0.25) is 0 Å². The first kappa shape index (κ1) is 10.8. The standard InChI is InChI=1S/C13H16Si/c1-4-12(3)14-10-9-13-7-5-11(2)6-8-13/h4-8H,14H2,1-3H3. The van der Waals surface area contributed by atoms with Crippen LogP contribution in [0.15, 0.2) is 35.5 Å². The second-order valence-electron chi connectivity index (χ2n) is 3.48. The summed E-state index contributed by atoms with van der Waals surface area (Å²) in [6.07, 6.45) is 2.16. The number of allylic oxidation sites excluding steroid dienone is 2. The Balaban J connectivity index is 2.64. The summed E-state index contributed by atoms with van der Waals surface area (Å²) in [6, 6.07) is 8.38. The van der Waals surface area contributed by atoms with E-state index in [1.807, 2.05) is 0 Å². The fourth-order valence-electron chi connectivity index (χ4n) is 1.02. The van der Waals surface area contributed by atoms with E-state index in [0.29, 0.717) is 0 Å². The molecule has 0 nitrogen and oxygen atoms in total. The molecule has 0 N–H and O–H groups in total. The third kappa shape index (κ3) is 3.63. The third-order valence-electron chi connectivity index (χ3n) is 2.14. The second kappa shape index (κ2) is 5.46. The quantitative estimate of drug-likeness (QED) is 0.482. The maximum absolute atomic E-state index is 3.29. The molecule has 0 amide bonds. The highest BCUT2D eigenvalue weighted by atomic mass is 28.2. The zero-order valence-corrected chi connectivity index (χ0v) is 10.5. The fraction of sp³-hybridized carbons (Fsp3) is 0.231. The monoisotopic (exact) mass is 200 g/mol. The van der Waals surface area contributed by atoms with E-state index in [0.717, 1.165) is 5.56 Å². The van der Waals surface area contributed by atoms with Crippen molar-refractivity contribution in [2.45, 2.75) is 20.8 Å². The zero-order chi connectivity index (χ0) is 10.4. The van der Waals surface area contributed by atoms with Gasteiger partial charge in [-0.15, -0.1) is 5.54 Å². The number of rotatable bonds is 1. The number of aryl methyl sites for hydroxylation is 1. The van der Waals surface area contributed by atoms with Gasteiger partial charge in [0.15, 0.2) is 0 Å². The molecule has 0 aliphatic carbocycles. The average Bonchev–Trinajstić information content (AvgIpc) is 2.21. The van der Waals surface area contributed by atoms with Crippen LogP contribution in [0.1, 0.15) is 25.0 Å². The lowest BCUT2D eigenvalue weighted by Crippen LogP contribution is -1.87. The van der Waals surface area contributed by atoms with Gasteiger partial charge in [0.25, 0.3) is 0 Å². The van der Waals surface area contributed by atoms with E-state index in [2.05, 4.69) is 62.6 Å². The van der Waals surface area contributed by atoms with Crippen LogP contribution in [0.3, 0.4) is 0 Å². The number of hydrogen-bond acceptors (Lipinski definition) is 0. The van der Waals surface area contributed by atoms with Crippen LogP contribution in [0.25, 0.3) is 0 Å². The first-order valence-corrected chi connectivity index (χ1v) is 6.31. The van der Waals surface area contributed by atoms with Crippen LogP contribution in [-0.4, -0.2) is 9.52 Å². The molecular weight excluding hydrogens is 184 g/mol. The molecule has 0 aliphatic rings. The molecule has 0 saturated heterocycles. The van der Waals surface area contributed by atoms with Gasteiger partial charge in [-0.25, -0.2) is 0 Å². The van der Waals surface area contributed by atoms with E-state index in [-0.39, 0.29) is 9.52 Å². The van der Waals surface area contributed by atoms with Crippen molar-refractivity contribution in [2.75, 3.05) is 0 Å². The summed E-state index contributed by atoms with van der Waals surface area (Å²) in [4.78, 5) is 0. The Labute approximate surface area is 88.9 Å². The molecule has 1 heteroatoms. The van der Waals surface area contributed by atoms with Crippen LogP contribution in [0.2, 0.25) is 0 Å². The predicted octanol–water partition coefficient (Wildman–Crippen LogP) is 2.40. The van der Waals surface area contributed by atoms with Crippen LogP contribution >= 0.6 is 0 Å². The minimum absolute atomic E-state index is 0.318. The molecular formula is C13H16Si. The Hall–Kier alpha value is -1.26. The van der Waals surface area contributed by atoms with Crippen LogP contribution in [-0.2, 0) is 0 Å². The molecule has 0 heterocycles. The molecule has 0 saturated carbocycles. The van der Waals surface area contributed by atoms with Crippen LogP contribution in [0, 0.1) is 18.4 Å². The van der Waals surface area contributed by atoms with Crippen molar-refractivity contribution in [2.24, 2.45) is 0 Å². The van der Waals surface area contributed by atoms with Gasteiger partial charge in [0.2, 0.25) is 0 Å². The van der Waals surface area contributed by atoms with Crippen LogP contribution < -0.4 is 0 Å². The van der Waals surface area contributed by atoms with Crippen molar-refractivity contribution < 1.29 is 0 Å². The molecule has 1 aromatic carbocycles. The highest BCUT2D eigenvalue weighted by Crippen LogP contribution is 2.00. The van der Waals surface area contributed by atoms with Gasteiger partial charge in [0, 0.05) is 5.56 Å². The lowest BCUT2D eigenvalue weighted by atomic mass is 10.2. The minimum atomic E-state index is -0.318. The van der Waals surface area contributed by atoms with E-state index in [1.165, 1.54) is 10.8 Å². The Kier molecular flexibility index (Phi) is 4.22. The van der Waals surface area contributed by atoms with Gasteiger partial charge >= 0.3 is 0 Å². The molecule has 0 atom stereocenters. The topological polar surface area (TPSA) is 0 Å². The van der Waals surface area contributed by atoms with E-state index in [4.69, 9.17) is 0 Å². The van der Waals surface area contributed by atoms with Crippen molar-refractivity contribution in [3.8, 4) is 11.5 Å². The van der Waals surface area contributed by atoms with Gasteiger partial charge in [-0.05, 0) is 32.9 Å². The van der Waals surface area contributed by atoms with Crippen molar-refractivity contribution in [1.82, 2.24) is 0 Å². The number of hydrogen-bond donors (Lipinski definition) is 0. The first-order valence-electron chi connectivity index (χ1n) is 4.89. The second-order valence-corrected chi connectivity index (χ2v) is 5.30. The lowest BCUT2D eigenvalue weighted by Gasteiger charge is -1.92. The zero-order valence-electron chi connectivity index (χ0n) is 9.09. The first-order chi connectivity index (χ1) is 6.72. The molecule has 1 rings (SSSR count). The molecule has 0 fully saturated rings. The van der Waals surface area contributed by atoms with Gasteiger partial charge in [-0.2, -0.15) is 0 Å². The van der Waals surface area contributed by atoms with Crippen LogP contribution in [0.5, 0.6) is 0 Å². The highest BCUT2D eigenvalue weighted by molar-refractivity contribution is 6.54. The van der Waals surface area contributed by atoms with E-state index in [1.54, 1.807) is 0 Å². The summed E-state index contributed by atoms with van der Waals surface area (Å²) in [5, 5.41) is 1.46. The summed E-state index contributed by atoms with van der Waals surface area (Å²) >= 11 is 0. The summed E-state index contributed by atoms with van der Waals surface area (Å²) in [5.41, 5.74) is 5.71. The van der Waals surface area contributed by atoms with Gasteiger partial charge in [-0.1, -0.05) is 34.9 Å². The largest absolute Gasteiger partial charge is 0.133 e. The van der Waals surface area contributed by atoms with E-state index in [9.17, 15) is 0 Å². The maximum Gasteiger partial charge on any atom is 0.133 e. The minimum Gasteiger partial charge on any atom is -0.129 e. The summed E-state index contributed by atoms with van der Waals surface area (Å²) in [6.45, 7) is 6.34. The SMILES string of the molecule is CC=C(C)[SiH2]C#Cc1ccc(C)cc1. The molecule has 72 valence electrons. The Bertz CT molecular complexity index is 374. The lowest BCUT2D eigenvalue weighted by molar-refractivity contribution is 1.46. The molecule has 0 unspecified atom stereocenters. The Morgan fingerprint density at radius 2 is 1.93 bits per heavy atom. The molecule has 0 aromatic heterocycles. The molecule has 0 spiro atoms. The highest BCUT2D eigenvalue weighted by Gasteiger charge is 1.86. The van der Waals surface area contributed by atoms with Gasteiger partial charge < -0.3 is 0 Å². The van der Waals surface area contributed by atoms with Crippen molar-refractivity contribution in [1.29, 1.82) is 0 Å². The van der Waals surface area contributed by atoms with Gasteiger partial charge in [0.05, 0.1) is 0 Å². The molecule has 0 bridgehead atoms. The van der Waals surface area contributed by atoms with E-state index >= 15 is 0 Å². The Morgan fingerprint density at radius 3 is 2.50 bits per heavy atom. The Morgan fingerprint density at radius 1 is 1.29 bits per heavy atom. The number of benzene rings is 1. The predicted molar refractivity (Wildman–Crippen MR) is 66.0 cm³/mol. The average molecular weight is 200 g/mol. The smallest absolute Gasteiger partial charge is 0.129 e. The normalized spacial score (nSPS) is 11.5. The molecule has 0 aliphatic heterocycles. The third-order valence-corrected chi connectivity index (χ3v) is 3.46. The van der Waals surface area contributed by atoms with Crippen LogP contribution in [0.4, 0.5) is 0 Å². The molecule has 14 heavy (non-hydrogen) atoms.